The number of hydrogen-bond donors (Lipinski definition) is 0. The molecule has 0 N–H and O–H groups in total. The van der Waals surface area contributed by atoms with Crippen LogP contribution in [0.3, 0.4) is 0 Å². The Balaban J connectivity index is 1.84. The number of alkyl halides is 3. The summed E-state index contributed by atoms with van der Waals surface area (Å²) in [7, 11) is 0. The predicted molar refractivity (Wildman–Crippen MR) is 94.3 cm³/mol. The molecule has 0 saturated heterocycles. The molecule has 4 rings (SSSR count). The molecule has 142 valence electrons. The Morgan fingerprint density at radius 1 is 1.18 bits per heavy atom. The molecule has 0 unspecified atom stereocenters. The van der Waals surface area contributed by atoms with Gasteiger partial charge in [0.15, 0.2) is 0 Å². The Kier molecular flexibility index (Phi) is 4.06. The molecule has 1 aliphatic rings. The number of hydrogen-bond acceptors (Lipinski definition) is 4. The second kappa shape index (κ2) is 6.33. The second-order valence-corrected chi connectivity index (χ2v) is 6.45. The molecule has 1 aromatic heterocycles. The highest BCUT2D eigenvalue weighted by Crippen LogP contribution is 2.32. The van der Waals surface area contributed by atoms with E-state index in [9.17, 15) is 27.9 Å². The molecule has 0 radical (unpaired) electrons. The number of carboxylic acid groups (broad SMARTS) is 1. The average Bonchev–Trinajstić information content (AvgIpc) is 3.04. The van der Waals surface area contributed by atoms with Gasteiger partial charge in [-0.1, -0.05) is 18.2 Å². The molecule has 0 saturated carbocycles. The number of benzene rings is 2. The molecule has 2 heterocycles. The van der Waals surface area contributed by atoms with Crippen LogP contribution in [-0.2, 0) is 12.7 Å². The molecular weight excluding hydrogens is 373 g/mol. The van der Waals surface area contributed by atoms with E-state index in [4.69, 9.17) is 0 Å². The van der Waals surface area contributed by atoms with Gasteiger partial charge < -0.3 is 9.90 Å². The first-order valence-electron chi connectivity index (χ1n) is 8.38. The van der Waals surface area contributed by atoms with Gasteiger partial charge >= 0.3 is 6.18 Å². The highest BCUT2D eigenvalue weighted by Gasteiger charge is 2.30. The van der Waals surface area contributed by atoms with Crippen LogP contribution in [-0.4, -0.2) is 15.5 Å². The minimum absolute atomic E-state index is 0.106. The standard InChI is InChI=1S/C20H13F3N2O3/c21-20(22,23)14-3-1-2-11(9-14)8-12-6-7-25-17(12)24-16-10-13(19(27)28)4-5-15(16)18(25)26/h1-5,8-10H,6-7H2,(H,27,28)/p-1/b12-8+. The molecule has 0 aliphatic carbocycles. The van der Waals surface area contributed by atoms with E-state index in [2.05, 4.69) is 4.98 Å². The molecule has 0 fully saturated rings. The van der Waals surface area contributed by atoms with E-state index in [1.54, 1.807) is 6.08 Å². The molecule has 3 aromatic rings. The summed E-state index contributed by atoms with van der Waals surface area (Å²) in [6, 6.07) is 8.80. The lowest BCUT2D eigenvalue weighted by molar-refractivity contribution is -0.255. The Labute approximate surface area is 156 Å². The van der Waals surface area contributed by atoms with Gasteiger partial charge in [0.25, 0.3) is 5.56 Å². The van der Waals surface area contributed by atoms with Crippen molar-refractivity contribution in [2.24, 2.45) is 0 Å². The first kappa shape index (κ1) is 18.0. The predicted octanol–water partition coefficient (Wildman–Crippen LogP) is 2.72. The van der Waals surface area contributed by atoms with E-state index in [1.165, 1.54) is 34.9 Å². The smallest absolute Gasteiger partial charge is 0.416 e. The van der Waals surface area contributed by atoms with Gasteiger partial charge in [-0.3, -0.25) is 9.36 Å². The van der Waals surface area contributed by atoms with E-state index in [0.717, 1.165) is 12.1 Å². The van der Waals surface area contributed by atoms with Crippen LogP contribution in [0, 0.1) is 0 Å². The van der Waals surface area contributed by atoms with Crippen molar-refractivity contribution in [3.8, 4) is 0 Å². The summed E-state index contributed by atoms with van der Waals surface area (Å²) in [5.41, 5.74) is -0.0338. The van der Waals surface area contributed by atoms with Gasteiger partial charge in [0.05, 0.1) is 22.4 Å². The Morgan fingerprint density at radius 3 is 2.68 bits per heavy atom. The minimum Gasteiger partial charge on any atom is -0.545 e. The van der Waals surface area contributed by atoms with Crippen molar-refractivity contribution in [2.45, 2.75) is 19.1 Å². The molecule has 2 aromatic carbocycles. The van der Waals surface area contributed by atoms with Crippen molar-refractivity contribution in [3.63, 3.8) is 0 Å². The largest absolute Gasteiger partial charge is 0.545 e. The SMILES string of the molecule is O=C([O-])c1ccc2c(=O)n3c(nc2c1)/C(=C/c1cccc(C(F)(F)F)c1)CC3. The Bertz CT molecular complexity index is 1210. The summed E-state index contributed by atoms with van der Waals surface area (Å²) in [5.74, 6) is -1.06. The normalized spacial score (nSPS) is 15.2. The van der Waals surface area contributed by atoms with E-state index < -0.39 is 17.7 Å². The van der Waals surface area contributed by atoms with Crippen molar-refractivity contribution >= 4 is 28.5 Å². The molecule has 0 amide bonds. The first-order chi connectivity index (χ1) is 13.2. The number of carboxylic acids is 1. The fourth-order valence-electron chi connectivity index (χ4n) is 3.29. The maximum atomic E-state index is 12.9. The second-order valence-electron chi connectivity index (χ2n) is 6.45. The van der Waals surface area contributed by atoms with E-state index in [-0.39, 0.29) is 22.0 Å². The van der Waals surface area contributed by atoms with Crippen molar-refractivity contribution in [1.29, 1.82) is 0 Å². The molecule has 28 heavy (non-hydrogen) atoms. The van der Waals surface area contributed by atoms with Crippen molar-refractivity contribution < 1.29 is 23.1 Å². The van der Waals surface area contributed by atoms with Crippen LogP contribution in [0.1, 0.15) is 33.7 Å². The molecule has 0 bridgehead atoms. The summed E-state index contributed by atoms with van der Waals surface area (Å²) in [6.45, 7) is 0.351. The number of aromatic carboxylic acids is 1. The maximum Gasteiger partial charge on any atom is 0.416 e. The van der Waals surface area contributed by atoms with Crippen LogP contribution >= 0.6 is 0 Å². The number of nitrogens with zero attached hydrogens (tertiary/aromatic N) is 2. The Hall–Kier alpha value is -3.42. The van der Waals surface area contributed by atoms with Gasteiger partial charge in [0.1, 0.15) is 5.82 Å². The summed E-state index contributed by atoms with van der Waals surface area (Å²) >= 11 is 0. The van der Waals surface area contributed by atoms with Crippen LogP contribution in [0.2, 0.25) is 0 Å². The molecule has 8 heteroatoms. The van der Waals surface area contributed by atoms with Crippen LogP contribution in [0.4, 0.5) is 13.2 Å². The summed E-state index contributed by atoms with van der Waals surface area (Å²) in [5, 5.41) is 11.3. The fraction of sp³-hybridized carbons (Fsp3) is 0.150. The van der Waals surface area contributed by atoms with Gasteiger partial charge in [-0.05, 0) is 53.5 Å². The lowest BCUT2D eigenvalue weighted by Crippen LogP contribution is -2.23. The third-order valence-corrected chi connectivity index (χ3v) is 4.64. The summed E-state index contributed by atoms with van der Waals surface area (Å²) in [4.78, 5) is 28.1. The zero-order valence-corrected chi connectivity index (χ0v) is 14.3. The summed E-state index contributed by atoms with van der Waals surface area (Å²) in [6.07, 6.45) is -2.45. The number of fused-ring (bicyclic) bond motifs is 2. The van der Waals surface area contributed by atoms with Gasteiger partial charge in [0, 0.05) is 6.54 Å². The van der Waals surface area contributed by atoms with Crippen LogP contribution < -0.4 is 10.7 Å². The number of aromatic nitrogens is 2. The van der Waals surface area contributed by atoms with E-state index in [0.29, 0.717) is 29.9 Å². The van der Waals surface area contributed by atoms with Crippen LogP contribution in [0.25, 0.3) is 22.6 Å². The third-order valence-electron chi connectivity index (χ3n) is 4.64. The van der Waals surface area contributed by atoms with Crippen LogP contribution in [0.15, 0.2) is 47.3 Å². The lowest BCUT2D eigenvalue weighted by atomic mass is 10.1. The van der Waals surface area contributed by atoms with Crippen molar-refractivity contribution in [1.82, 2.24) is 9.55 Å². The van der Waals surface area contributed by atoms with Crippen LogP contribution in [0.5, 0.6) is 0 Å². The number of carbonyl (C=O) groups is 1. The first-order valence-corrected chi connectivity index (χ1v) is 8.38. The highest BCUT2D eigenvalue weighted by molar-refractivity contribution is 5.92. The third kappa shape index (κ3) is 3.06. The quantitative estimate of drug-likeness (QED) is 0.680. The van der Waals surface area contributed by atoms with Gasteiger partial charge in [-0.2, -0.15) is 13.2 Å². The highest BCUT2D eigenvalue weighted by atomic mass is 19.4. The monoisotopic (exact) mass is 385 g/mol. The zero-order valence-electron chi connectivity index (χ0n) is 14.3. The lowest BCUT2D eigenvalue weighted by Gasteiger charge is -2.09. The molecule has 0 atom stereocenters. The van der Waals surface area contributed by atoms with Gasteiger partial charge in [0.2, 0.25) is 0 Å². The van der Waals surface area contributed by atoms with Crippen molar-refractivity contribution in [3.05, 3.63) is 75.3 Å². The van der Waals surface area contributed by atoms with E-state index in [1.807, 2.05) is 0 Å². The molecule has 5 nitrogen and oxygen atoms in total. The van der Waals surface area contributed by atoms with Gasteiger partial charge in [-0.25, -0.2) is 4.98 Å². The summed E-state index contributed by atoms with van der Waals surface area (Å²) < 4.78 is 40.2. The number of allylic oxidation sites excluding steroid dienone is 1. The van der Waals surface area contributed by atoms with Gasteiger partial charge in [-0.15, -0.1) is 0 Å². The number of carbonyl (C=O) groups excluding carboxylic acids is 1. The maximum absolute atomic E-state index is 12.9. The Morgan fingerprint density at radius 2 is 1.96 bits per heavy atom. The number of rotatable bonds is 2. The minimum atomic E-state index is -4.45. The topological polar surface area (TPSA) is 75.0 Å². The molecule has 0 spiro atoms. The number of halogens is 3. The van der Waals surface area contributed by atoms with E-state index >= 15 is 0 Å². The fourth-order valence-corrected chi connectivity index (χ4v) is 3.29. The van der Waals surface area contributed by atoms with Crippen molar-refractivity contribution in [2.75, 3.05) is 0 Å². The zero-order chi connectivity index (χ0) is 20.1. The molecular formula is C20H12F3N2O3-. The average molecular weight is 385 g/mol. The molecule has 1 aliphatic heterocycles.